The molecule has 13 heavy (non-hydrogen) atoms. The monoisotopic (exact) mass is 185 g/mol. The fourth-order valence-corrected chi connectivity index (χ4v) is 0.898. The van der Waals surface area contributed by atoms with Crippen LogP contribution in [-0.2, 0) is 4.74 Å². The molecule has 0 unspecified atom stereocenters. The van der Waals surface area contributed by atoms with E-state index in [0.29, 0.717) is 0 Å². The summed E-state index contributed by atoms with van der Waals surface area (Å²) in [6.07, 6.45) is 0. The maximum absolute atomic E-state index is 12.7. The summed E-state index contributed by atoms with van der Waals surface area (Å²) < 4.78 is 17.0. The number of esters is 1. The van der Waals surface area contributed by atoms with E-state index in [1.165, 1.54) is 6.07 Å². The molecule has 1 aromatic carbocycles. The number of carbonyl (C=O) groups is 1. The van der Waals surface area contributed by atoms with E-state index >= 15 is 0 Å². The lowest BCUT2D eigenvalue weighted by Crippen LogP contribution is -2.06. The number of nitrogens with two attached hydrogens (primary N) is 1. The van der Waals surface area contributed by atoms with Crippen LogP contribution in [0.3, 0.4) is 0 Å². The van der Waals surface area contributed by atoms with Gasteiger partial charge >= 0.3 is 5.97 Å². The molecule has 70 valence electrons. The highest BCUT2D eigenvalue weighted by Gasteiger charge is 2.18. The molecule has 0 atom stereocenters. The van der Waals surface area contributed by atoms with Crippen molar-refractivity contribution >= 4 is 11.7 Å². The second-order valence-corrected chi connectivity index (χ2v) is 2.35. The third-order valence-corrected chi connectivity index (χ3v) is 1.55. The molecule has 4 nitrogen and oxygen atoms in total. The average Bonchev–Trinajstić information content (AvgIpc) is 2.12. The molecule has 0 aromatic heterocycles. The topological polar surface area (TPSA) is 72.5 Å². The molecule has 0 saturated heterocycles. The van der Waals surface area contributed by atoms with Gasteiger partial charge in [0.15, 0.2) is 11.6 Å². The Morgan fingerprint density at radius 1 is 1.62 bits per heavy atom. The van der Waals surface area contributed by atoms with Crippen LogP contribution < -0.4 is 5.73 Å². The van der Waals surface area contributed by atoms with Gasteiger partial charge in [-0.15, -0.1) is 0 Å². The molecule has 0 spiro atoms. The first-order valence-corrected chi connectivity index (χ1v) is 3.43. The highest BCUT2D eigenvalue weighted by molar-refractivity contribution is 5.97. The molecule has 0 fully saturated rings. The largest absolute Gasteiger partial charge is 0.504 e. The Balaban J connectivity index is 3.33. The number of methoxy groups -OCH3 is 1. The first-order chi connectivity index (χ1) is 6.07. The first-order valence-electron chi connectivity index (χ1n) is 3.43. The lowest BCUT2D eigenvalue weighted by molar-refractivity contribution is 0.0598. The number of carbonyl (C=O) groups excluding carboxylic acids is 1. The summed E-state index contributed by atoms with van der Waals surface area (Å²) in [5.74, 6) is -2.56. The van der Waals surface area contributed by atoms with Crippen LogP contribution in [0.1, 0.15) is 10.4 Å². The zero-order valence-corrected chi connectivity index (χ0v) is 6.87. The van der Waals surface area contributed by atoms with E-state index in [1.807, 2.05) is 0 Å². The Bertz CT molecular complexity index is 351. The number of rotatable bonds is 1. The molecule has 0 saturated carbocycles. The number of phenols is 1. The number of nitrogen functional groups attached to an aromatic ring is 1. The minimum atomic E-state index is -0.908. The van der Waals surface area contributed by atoms with Gasteiger partial charge in [-0.2, -0.15) is 0 Å². The van der Waals surface area contributed by atoms with E-state index in [9.17, 15) is 9.18 Å². The standard InChI is InChI=1S/C8H8FNO3/c1-13-8(12)6-5(10)3-2-4(9)7(6)11/h2-3,11H,10H2,1H3. The summed E-state index contributed by atoms with van der Waals surface area (Å²) in [5, 5.41) is 9.12. The van der Waals surface area contributed by atoms with Crippen LogP contribution in [0.5, 0.6) is 5.75 Å². The van der Waals surface area contributed by atoms with Gasteiger partial charge in [0.2, 0.25) is 0 Å². The van der Waals surface area contributed by atoms with Crippen molar-refractivity contribution in [2.75, 3.05) is 12.8 Å². The molecule has 0 bridgehead atoms. The van der Waals surface area contributed by atoms with Crippen molar-refractivity contribution in [3.05, 3.63) is 23.5 Å². The summed E-state index contributed by atoms with van der Waals surface area (Å²) in [6.45, 7) is 0. The number of hydrogen-bond donors (Lipinski definition) is 2. The van der Waals surface area contributed by atoms with Crippen LogP contribution in [-0.4, -0.2) is 18.2 Å². The van der Waals surface area contributed by atoms with Gasteiger partial charge in [-0.3, -0.25) is 0 Å². The van der Waals surface area contributed by atoms with Crippen LogP contribution in [0, 0.1) is 5.82 Å². The Labute approximate surface area is 73.7 Å². The molecule has 1 rings (SSSR count). The van der Waals surface area contributed by atoms with Crippen LogP contribution >= 0.6 is 0 Å². The second-order valence-electron chi connectivity index (χ2n) is 2.35. The minimum Gasteiger partial charge on any atom is -0.504 e. The number of phenolic OH excluding ortho intramolecular Hbond substituents is 1. The molecule has 0 aliphatic heterocycles. The number of halogens is 1. The highest BCUT2D eigenvalue weighted by Crippen LogP contribution is 2.26. The first kappa shape index (κ1) is 9.31. The van der Waals surface area contributed by atoms with Gasteiger partial charge < -0.3 is 15.6 Å². The summed E-state index contributed by atoms with van der Waals surface area (Å²) >= 11 is 0. The normalized spacial score (nSPS) is 9.69. The molecule has 0 aliphatic rings. The van der Waals surface area contributed by atoms with Crippen LogP contribution in [0.25, 0.3) is 0 Å². The van der Waals surface area contributed by atoms with Crippen molar-refractivity contribution in [2.24, 2.45) is 0 Å². The second kappa shape index (κ2) is 3.30. The Hall–Kier alpha value is -1.78. The third kappa shape index (κ3) is 1.53. The number of benzene rings is 1. The number of hydrogen-bond acceptors (Lipinski definition) is 4. The maximum Gasteiger partial charge on any atom is 0.343 e. The quantitative estimate of drug-likeness (QED) is 0.503. The molecule has 5 heteroatoms. The fourth-order valence-electron chi connectivity index (χ4n) is 0.898. The van der Waals surface area contributed by atoms with Crippen molar-refractivity contribution in [2.45, 2.75) is 0 Å². The van der Waals surface area contributed by atoms with Crippen molar-refractivity contribution in [1.82, 2.24) is 0 Å². The Morgan fingerprint density at radius 3 is 2.77 bits per heavy atom. The van der Waals surface area contributed by atoms with Gasteiger partial charge in [-0.25, -0.2) is 9.18 Å². The predicted octanol–water partition coefficient (Wildman–Crippen LogP) is 0.900. The zero-order chi connectivity index (χ0) is 10.0. The van der Waals surface area contributed by atoms with Crippen LogP contribution in [0.2, 0.25) is 0 Å². The van der Waals surface area contributed by atoms with Gasteiger partial charge in [-0.05, 0) is 12.1 Å². The molecule has 3 N–H and O–H groups in total. The van der Waals surface area contributed by atoms with Crippen LogP contribution in [0.4, 0.5) is 10.1 Å². The van der Waals surface area contributed by atoms with E-state index in [1.54, 1.807) is 0 Å². The van der Waals surface area contributed by atoms with E-state index in [0.717, 1.165) is 13.2 Å². The van der Waals surface area contributed by atoms with E-state index in [-0.39, 0.29) is 11.3 Å². The van der Waals surface area contributed by atoms with Gasteiger partial charge in [0, 0.05) is 0 Å². The molecule has 0 radical (unpaired) electrons. The van der Waals surface area contributed by atoms with Crippen molar-refractivity contribution in [3.63, 3.8) is 0 Å². The third-order valence-electron chi connectivity index (χ3n) is 1.55. The van der Waals surface area contributed by atoms with Gasteiger partial charge in [0.05, 0.1) is 12.8 Å². The number of ether oxygens (including phenoxy) is 1. The average molecular weight is 185 g/mol. The zero-order valence-electron chi connectivity index (χ0n) is 6.87. The summed E-state index contributed by atoms with van der Waals surface area (Å²) in [4.78, 5) is 11.0. The lowest BCUT2D eigenvalue weighted by atomic mass is 10.1. The molecular formula is C8H8FNO3. The fraction of sp³-hybridized carbons (Fsp3) is 0.125. The predicted molar refractivity (Wildman–Crippen MR) is 43.8 cm³/mol. The van der Waals surface area contributed by atoms with Gasteiger partial charge in [0.25, 0.3) is 0 Å². The van der Waals surface area contributed by atoms with Crippen molar-refractivity contribution < 1.29 is 19.0 Å². The number of anilines is 1. The van der Waals surface area contributed by atoms with E-state index < -0.39 is 17.5 Å². The summed E-state index contributed by atoms with van der Waals surface area (Å²) in [7, 11) is 1.12. The molecular weight excluding hydrogens is 177 g/mol. The minimum absolute atomic E-state index is 0.0225. The van der Waals surface area contributed by atoms with E-state index in [2.05, 4.69) is 4.74 Å². The van der Waals surface area contributed by atoms with Gasteiger partial charge in [-0.1, -0.05) is 0 Å². The maximum atomic E-state index is 12.7. The lowest BCUT2D eigenvalue weighted by Gasteiger charge is -2.05. The molecule has 0 amide bonds. The highest BCUT2D eigenvalue weighted by atomic mass is 19.1. The Morgan fingerprint density at radius 2 is 2.23 bits per heavy atom. The Kier molecular flexibility index (Phi) is 2.36. The van der Waals surface area contributed by atoms with Crippen LogP contribution in [0.15, 0.2) is 12.1 Å². The molecule has 0 aliphatic carbocycles. The van der Waals surface area contributed by atoms with Gasteiger partial charge in [0.1, 0.15) is 5.56 Å². The number of aromatic hydroxyl groups is 1. The summed E-state index contributed by atoms with van der Waals surface area (Å²) in [5.41, 5.74) is 4.97. The van der Waals surface area contributed by atoms with Crippen molar-refractivity contribution in [1.29, 1.82) is 0 Å². The molecule has 1 aromatic rings. The van der Waals surface area contributed by atoms with E-state index in [4.69, 9.17) is 10.8 Å². The smallest absolute Gasteiger partial charge is 0.343 e. The summed E-state index contributed by atoms with van der Waals surface area (Å²) in [6, 6.07) is 2.15. The molecule has 0 heterocycles. The van der Waals surface area contributed by atoms with Crippen molar-refractivity contribution in [3.8, 4) is 5.75 Å². The SMILES string of the molecule is COC(=O)c1c(N)ccc(F)c1O.